The number of halogens is 1. The molecule has 0 heterocycles. The summed E-state index contributed by atoms with van der Waals surface area (Å²) in [6.45, 7) is 2.43. The second-order valence-corrected chi connectivity index (χ2v) is 7.22. The number of hydrogen-bond acceptors (Lipinski definition) is 3. The van der Waals surface area contributed by atoms with Gasteiger partial charge in [0.25, 0.3) is 0 Å². The summed E-state index contributed by atoms with van der Waals surface area (Å²) in [6, 6.07) is 0. The number of carboxylic acids is 1. The Labute approximate surface area is 154 Å². The van der Waals surface area contributed by atoms with E-state index < -0.39 is 5.97 Å². The zero-order chi connectivity index (χ0) is 16.8. The van der Waals surface area contributed by atoms with Gasteiger partial charge in [-0.3, -0.25) is 4.79 Å². The fourth-order valence-corrected chi connectivity index (χ4v) is 3.75. The normalized spacial score (nSPS) is 19.0. The van der Waals surface area contributed by atoms with Crippen LogP contribution in [0.1, 0.15) is 83.5 Å². The predicted octanol–water partition coefficient (Wildman–Crippen LogP) is 4.39. The number of aliphatic hydroxyl groups excluding tert-OH is 1. The van der Waals surface area contributed by atoms with Crippen LogP contribution in [0.5, 0.6) is 0 Å². The van der Waals surface area contributed by atoms with E-state index in [1.54, 1.807) is 0 Å². The first-order valence-electron chi connectivity index (χ1n) is 9.75. The lowest BCUT2D eigenvalue weighted by Crippen LogP contribution is -2.21. The van der Waals surface area contributed by atoms with Crippen LogP contribution in [0.2, 0.25) is 0 Å². The van der Waals surface area contributed by atoms with Crippen LogP contribution in [0, 0.1) is 11.8 Å². The van der Waals surface area contributed by atoms with E-state index in [1.165, 1.54) is 57.8 Å². The van der Waals surface area contributed by atoms with Gasteiger partial charge in [-0.05, 0) is 50.6 Å². The summed E-state index contributed by atoms with van der Waals surface area (Å²) in [6.07, 6.45) is 15.9. The Morgan fingerprint density at radius 1 is 0.875 bits per heavy atom. The summed E-state index contributed by atoms with van der Waals surface area (Å²) in [5, 5.41) is 20.4. The fraction of sp³-hybridized carbons (Fsp3) is 0.947. The molecule has 2 saturated carbocycles. The minimum absolute atomic E-state index is 0. The predicted molar refractivity (Wildman–Crippen MR) is 102 cm³/mol. The molecule has 24 heavy (non-hydrogen) atoms. The van der Waals surface area contributed by atoms with E-state index in [1.807, 2.05) is 0 Å². The maximum atomic E-state index is 10.3. The molecule has 0 atom stereocenters. The van der Waals surface area contributed by atoms with Gasteiger partial charge in [-0.25, -0.2) is 0 Å². The van der Waals surface area contributed by atoms with Crippen molar-refractivity contribution in [3.05, 3.63) is 0 Å². The molecule has 0 aromatic carbocycles. The van der Waals surface area contributed by atoms with E-state index in [2.05, 4.69) is 5.32 Å². The lowest BCUT2D eigenvalue weighted by atomic mass is 9.87. The van der Waals surface area contributed by atoms with Gasteiger partial charge in [0.2, 0.25) is 0 Å². The van der Waals surface area contributed by atoms with Crippen LogP contribution in [-0.4, -0.2) is 35.9 Å². The maximum Gasteiger partial charge on any atom is 0.303 e. The number of hydrogen-bond donors (Lipinski definition) is 3. The van der Waals surface area contributed by atoms with Gasteiger partial charge in [-0.1, -0.05) is 51.4 Å². The van der Waals surface area contributed by atoms with Gasteiger partial charge in [0.15, 0.2) is 0 Å². The molecule has 0 radical (unpaired) electrons. The average Bonchev–Trinajstić information content (AvgIpc) is 2.57. The van der Waals surface area contributed by atoms with E-state index >= 15 is 0 Å². The number of rotatable bonds is 8. The zero-order valence-corrected chi connectivity index (χ0v) is 16.0. The molecule has 0 amide bonds. The fourth-order valence-electron chi connectivity index (χ4n) is 3.75. The number of aliphatic hydroxyl groups is 1. The minimum atomic E-state index is -0.632. The standard InChI is InChI=1S/C11H23NO.C8H14O2.ClH/c13-10-4-8-12-9-7-11-5-2-1-3-6-11;9-8(10)6-7-4-2-1-3-5-7;/h11-13H,1-10H2;7H,1-6H2,(H,9,10);1H. The molecule has 144 valence electrons. The van der Waals surface area contributed by atoms with Gasteiger partial charge in [-0.2, -0.15) is 0 Å². The molecule has 2 aliphatic rings. The Morgan fingerprint density at radius 2 is 1.42 bits per heavy atom. The average molecular weight is 364 g/mol. The number of carbonyl (C=O) groups is 1. The highest BCUT2D eigenvalue weighted by atomic mass is 35.5. The molecule has 2 aliphatic carbocycles. The third-order valence-electron chi connectivity index (χ3n) is 5.15. The molecule has 0 aliphatic heterocycles. The molecule has 2 fully saturated rings. The third-order valence-corrected chi connectivity index (χ3v) is 5.15. The van der Waals surface area contributed by atoms with E-state index in [9.17, 15) is 4.79 Å². The minimum Gasteiger partial charge on any atom is -0.481 e. The van der Waals surface area contributed by atoms with Crippen LogP contribution < -0.4 is 5.32 Å². The first-order valence-corrected chi connectivity index (χ1v) is 9.75. The number of carboxylic acid groups (broad SMARTS) is 1. The summed E-state index contributed by atoms with van der Waals surface area (Å²) in [5.41, 5.74) is 0. The molecule has 0 unspecified atom stereocenters. The van der Waals surface area contributed by atoms with E-state index in [0.717, 1.165) is 38.3 Å². The third kappa shape index (κ3) is 13.0. The largest absolute Gasteiger partial charge is 0.481 e. The number of nitrogens with one attached hydrogen (secondary N) is 1. The lowest BCUT2D eigenvalue weighted by molar-refractivity contribution is -0.138. The van der Waals surface area contributed by atoms with Gasteiger partial charge in [0, 0.05) is 13.0 Å². The van der Waals surface area contributed by atoms with E-state index in [-0.39, 0.29) is 12.4 Å². The molecule has 0 aromatic rings. The van der Waals surface area contributed by atoms with E-state index in [4.69, 9.17) is 10.2 Å². The molecule has 3 N–H and O–H groups in total. The van der Waals surface area contributed by atoms with Crippen molar-refractivity contribution >= 4 is 18.4 Å². The molecule has 0 saturated heterocycles. The monoisotopic (exact) mass is 363 g/mol. The lowest BCUT2D eigenvalue weighted by Gasteiger charge is -2.21. The first-order chi connectivity index (χ1) is 11.2. The van der Waals surface area contributed by atoms with Crippen LogP contribution in [0.15, 0.2) is 0 Å². The summed E-state index contributed by atoms with van der Waals surface area (Å²) in [5.74, 6) is 0.827. The molecule has 0 spiro atoms. The first kappa shape index (κ1) is 23.7. The van der Waals surface area contributed by atoms with Crippen LogP contribution >= 0.6 is 12.4 Å². The van der Waals surface area contributed by atoms with Crippen molar-refractivity contribution in [2.45, 2.75) is 83.5 Å². The smallest absolute Gasteiger partial charge is 0.303 e. The molecule has 2 rings (SSSR count). The summed E-state index contributed by atoms with van der Waals surface area (Å²) in [4.78, 5) is 10.3. The quantitative estimate of drug-likeness (QED) is 0.559. The van der Waals surface area contributed by atoms with Gasteiger partial charge in [0.1, 0.15) is 0 Å². The molecular formula is C19H38ClNO3. The van der Waals surface area contributed by atoms with Crippen molar-refractivity contribution < 1.29 is 15.0 Å². The van der Waals surface area contributed by atoms with Crippen LogP contribution in [-0.2, 0) is 4.79 Å². The van der Waals surface area contributed by atoms with Gasteiger partial charge in [-0.15, -0.1) is 12.4 Å². The highest BCUT2D eigenvalue weighted by Gasteiger charge is 2.15. The molecule has 0 aromatic heterocycles. The molecular weight excluding hydrogens is 326 g/mol. The van der Waals surface area contributed by atoms with Crippen molar-refractivity contribution in [3.8, 4) is 0 Å². The van der Waals surface area contributed by atoms with Crippen LogP contribution in [0.3, 0.4) is 0 Å². The van der Waals surface area contributed by atoms with Gasteiger partial charge < -0.3 is 15.5 Å². The molecule has 4 nitrogen and oxygen atoms in total. The Morgan fingerprint density at radius 3 is 1.92 bits per heavy atom. The van der Waals surface area contributed by atoms with Crippen molar-refractivity contribution in [2.75, 3.05) is 19.7 Å². The van der Waals surface area contributed by atoms with Gasteiger partial charge >= 0.3 is 5.97 Å². The molecule has 0 bridgehead atoms. The Kier molecular flexibility index (Phi) is 15.9. The van der Waals surface area contributed by atoms with E-state index in [0.29, 0.717) is 18.9 Å². The zero-order valence-electron chi connectivity index (χ0n) is 15.2. The highest BCUT2D eigenvalue weighted by molar-refractivity contribution is 5.85. The maximum absolute atomic E-state index is 10.3. The summed E-state index contributed by atoms with van der Waals surface area (Å²) < 4.78 is 0. The van der Waals surface area contributed by atoms with Gasteiger partial charge in [0.05, 0.1) is 0 Å². The SMILES string of the molecule is Cl.O=C(O)CC1CCCCC1.OCCCNCCC1CCCCC1. The second kappa shape index (κ2) is 16.2. The van der Waals surface area contributed by atoms with Crippen molar-refractivity contribution in [2.24, 2.45) is 11.8 Å². The van der Waals surface area contributed by atoms with Crippen molar-refractivity contribution in [1.82, 2.24) is 5.32 Å². The van der Waals surface area contributed by atoms with Crippen molar-refractivity contribution in [1.29, 1.82) is 0 Å². The Hall–Kier alpha value is -0.320. The second-order valence-electron chi connectivity index (χ2n) is 7.22. The highest BCUT2D eigenvalue weighted by Crippen LogP contribution is 2.26. The summed E-state index contributed by atoms with van der Waals surface area (Å²) >= 11 is 0. The summed E-state index contributed by atoms with van der Waals surface area (Å²) in [7, 11) is 0. The van der Waals surface area contributed by atoms with Crippen LogP contribution in [0.4, 0.5) is 0 Å². The Bertz CT molecular complexity index is 290. The topological polar surface area (TPSA) is 69.6 Å². The number of aliphatic carboxylic acids is 1. The Balaban J connectivity index is 0.000000436. The van der Waals surface area contributed by atoms with Crippen LogP contribution in [0.25, 0.3) is 0 Å². The van der Waals surface area contributed by atoms with Crippen molar-refractivity contribution in [3.63, 3.8) is 0 Å². The molecule has 5 heteroatoms.